The molecule has 0 fully saturated rings. The molecule has 2 aromatic rings. The zero-order valence-corrected chi connectivity index (χ0v) is 15.9. The predicted molar refractivity (Wildman–Crippen MR) is 103 cm³/mol. The van der Waals surface area contributed by atoms with E-state index in [1.54, 1.807) is 31.4 Å². The van der Waals surface area contributed by atoms with Crippen molar-refractivity contribution in [3.05, 3.63) is 59.7 Å². The molecule has 1 aliphatic heterocycles. The van der Waals surface area contributed by atoms with E-state index >= 15 is 0 Å². The number of aliphatic hydroxyl groups excluding tert-OH is 1. The van der Waals surface area contributed by atoms with E-state index in [4.69, 9.17) is 18.9 Å². The number of benzene rings is 2. The summed E-state index contributed by atoms with van der Waals surface area (Å²) in [4.78, 5) is 16.7. The molecule has 0 aliphatic carbocycles. The van der Waals surface area contributed by atoms with E-state index in [0.29, 0.717) is 23.8 Å². The first-order valence-corrected chi connectivity index (χ1v) is 8.97. The molecule has 0 saturated heterocycles. The van der Waals surface area contributed by atoms with E-state index in [0.717, 1.165) is 11.3 Å². The van der Waals surface area contributed by atoms with Crippen LogP contribution in [-0.4, -0.2) is 56.0 Å². The molecular formula is C21H23NO6. The van der Waals surface area contributed by atoms with Crippen LogP contribution in [0, 0.1) is 0 Å². The number of ether oxygens (including phenoxy) is 4. The molecule has 3 rings (SSSR count). The van der Waals surface area contributed by atoms with E-state index in [2.05, 4.69) is 4.99 Å². The zero-order chi connectivity index (χ0) is 20.0. The Morgan fingerprint density at radius 2 is 1.82 bits per heavy atom. The number of carbonyl (C=O) groups is 1. The summed E-state index contributed by atoms with van der Waals surface area (Å²) in [7, 11) is 1.55. The molecule has 1 aliphatic rings. The number of rotatable bonds is 8. The number of hydrogen-bond acceptors (Lipinski definition) is 7. The maximum Gasteiger partial charge on any atom is 0.338 e. The Labute approximate surface area is 163 Å². The number of esters is 1. The van der Waals surface area contributed by atoms with Crippen molar-refractivity contribution >= 4 is 11.9 Å². The standard InChI is InChI=1S/C21H23NO6/c1-3-26-18-10-4-15(5-11-18)19-22-21(12-23,13-27-19)14-28-20(24)16-6-8-17(25-2)9-7-16/h4-11,23H,3,12-14H2,1-2H3/t21-/m1/s1. The van der Waals surface area contributed by atoms with Gasteiger partial charge in [-0.2, -0.15) is 0 Å². The Kier molecular flexibility index (Phi) is 6.16. The molecule has 28 heavy (non-hydrogen) atoms. The van der Waals surface area contributed by atoms with Crippen LogP contribution in [0.2, 0.25) is 0 Å². The molecule has 7 heteroatoms. The summed E-state index contributed by atoms with van der Waals surface area (Å²) in [5.41, 5.74) is 0.138. The second-order valence-corrected chi connectivity index (χ2v) is 6.35. The number of aliphatic hydroxyl groups is 1. The Bertz CT molecular complexity index is 831. The van der Waals surface area contributed by atoms with Gasteiger partial charge >= 0.3 is 5.97 Å². The van der Waals surface area contributed by atoms with Crippen LogP contribution in [0.15, 0.2) is 53.5 Å². The van der Waals surface area contributed by atoms with Crippen LogP contribution in [-0.2, 0) is 9.47 Å². The highest BCUT2D eigenvalue weighted by Gasteiger charge is 2.38. The summed E-state index contributed by atoms with van der Waals surface area (Å²) in [6.07, 6.45) is 0. The molecule has 1 heterocycles. The highest BCUT2D eigenvalue weighted by Crippen LogP contribution is 2.24. The molecule has 2 aromatic carbocycles. The zero-order valence-electron chi connectivity index (χ0n) is 15.9. The maximum atomic E-state index is 12.3. The molecule has 1 atom stereocenters. The van der Waals surface area contributed by atoms with Gasteiger partial charge in [-0.05, 0) is 55.5 Å². The van der Waals surface area contributed by atoms with Gasteiger partial charge in [0.05, 0.1) is 25.9 Å². The molecule has 0 saturated carbocycles. The van der Waals surface area contributed by atoms with Gasteiger partial charge in [0.15, 0.2) is 5.54 Å². The number of carbonyl (C=O) groups excluding carboxylic acids is 1. The van der Waals surface area contributed by atoms with Gasteiger partial charge in [-0.15, -0.1) is 0 Å². The number of nitrogens with zero attached hydrogens (tertiary/aromatic N) is 1. The minimum absolute atomic E-state index is 0.0884. The number of hydrogen-bond donors (Lipinski definition) is 1. The molecule has 0 bridgehead atoms. The SMILES string of the molecule is CCOc1ccc(C2=N[C@@](CO)(COC(=O)c3ccc(OC)cc3)CO2)cc1. The smallest absolute Gasteiger partial charge is 0.338 e. The van der Waals surface area contributed by atoms with Crippen LogP contribution in [0.5, 0.6) is 11.5 Å². The van der Waals surface area contributed by atoms with Crippen LogP contribution in [0.1, 0.15) is 22.8 Å². The maximum absolute atomic E-state index is 12.3. The summed E-state index contributed by atoms with van der Waals surface area (Å²) in [5, 5.41) is 9.83. The number of methoxy groups -OCH3 is 1. The lowest BCUT2D eigenvalue weighted by Gasteiger charge is -2.20. The van der Waals surface area contributed by atoms with Crippen molar-refractivity contribution in [2.24, 2.45) is 4.99 Å². The Morgan fingerprint density at radius 1 is 1.14 bits per heavy atom. The van der Waals surface area contributed by atoms with Gasteiger partial charge < -0.3 is 24.1 Å². The topological polar surface area (TPSA) is 86.6 Å². The molecule has 1 N–H and O–H groups in total. The average Bonchev–Trinajstić information content (AvgIpc) is 3.18. The summed E-state index contributed by atoms with van der Waals surface area (Å²) < 4.78 is 21.5. The lowest BCUT2D eigenvalue weighted by atomic mass is 10.1. The molecule has 0 radical (unpaired) electrons. The van der Waals surface area contributed by atoms with Crippen LogP contribution in [0.4, 0.5) is 0 Å². The third-order valence-electron chi connectivity index (χ3n) is 4.32. The van der Waals surface area contributed by atoms with Crippen molar-refractivity contribution < 1.29 is 28.8 Å². The quantitative estimate of drug-likeness (QED) is 0.703. The minimum atomic E-state index is -1.02. The van der Waals surface area contributed by atoms with Gasteiger partial charge in [0.25, 0.3) is 0 Å². The molecule has 0 amide bonds. The lowest BCUT2D eigenvalue weighted by Crippen LogP contribution is -2.39. The van der Waals surface area contributed by atoms with Gasteiger partial charge in [-0.1, -0.05) is 0 Å². The van der Waals surface area contributed by atoms with Crippen LogP contribution < -0.4 is 9.47 Å². The third kappa shape index (κ3) is 4.43. The number of aliphatic imine (C=N–C) groups is 1. The summed E-state index contributed by atoms with van der Waals surface area (Å²) >= 11 is 0. The van der Waals surface area contributed by atoms with E-state index in [9.17, 15) is 9.90 Å². The first kappa shape index (κ1) is 19.7. The fourth-order valence-corrected chi connectivity index (χ4v) is 2.70. The first-order chi connectivity index (χ1) is 13.6. The summed E-state index contributed by atoms with van der Waals surface area (Å²) in [5.74, 6) is 1.31. The molecule has 7 nitrogen and oxygen atoms in total. The van der Waals surface area contributed by atoms with Gasteiger partial charge in [0, 0.05) is 5.56 Å². The average molecular weight is 385 g/mol. The second-order valence-electron chi connectivity index (χ2n) is 6.35. The van der Waals surface area contributed by atoms with Crippen LogP contribution in [0.3, 0.4) is 0 Å². The Balaban J connectivity index is 1.66. The summed E-state index contributed by atoms with van der Waals surface area (Å²) in [6, 6.07) is 13.9. The summed E-state index contributed by atoms with van der Waals surface area (Å²) in [6.45, 7) is 2.24. The molecule has 0 unspecified atom stereocenters. The lowest BCUT2D eigenvalue weighted by molar-refractivity contribution is 0.0292. The predicted octanol–water partition coefficient (Wildman–Crippen LogP) is 2.46. The van der Waals surface area contributed by atoms with E-state index in [1.165, 1.54) is 0 Å². The van der Waals surface area contributed by atoms with Crippen molar-refractivity contribution in [1.29, 1.82) is 0 Å². The first-order valence-electron chi connectivity index (χ1n) is 8.97. The fraction of sp³-hybridized carbons (Fsp3) is 0.333. The Hall–Kier alpha value is -3.06. The van der Waals surface area contributed by atoms with Gasteiger partial charge in [0.1, 0.15) is 24.7 Å². The molecule has 0 spiro atoms. The molecule has 0 aromatic heterocycles. The normalized spacial score (nSPS) is 18.2. The van der Waals surface area contributed by atoms with Gasteiger partial charge in [0.2, 0.25) is 5.90 Å². The largest absolute Gasteiger partial charge is 0.497 e. The Morgan fingerprint density at radius 3 is 2.43 bits per heavy atom. The third-order valence-corrected chi connectivity index (χ3v) is 4.32. The van der Waals surface area contributed by atoms with Crippen molar-refractivity contribution in [1.82, 2.24) is 0 Å². The highest BCUT2D eigenvalue weighted by atomic mass is 16.5. The van der Waals surface area contributed by atoms with E-state index in [1.807, 2.05) is 31.2 Å². The van der Waals surface area contributed by atoms with Gasteiger partial charge in [-0.3, -0.25) is 0 Å². The van der Waals surface area contributed by atoms with Gasteiger partial charge in [-0.25, -0.2) is 9.79 Å². The van der Waals surface area contributed by atoms with Crippen molar-refractivity contribution in [2.45, 2.75) is 12.5 Å². The van der Waals surface area contributed by atoms with Crippen LogP contribution >= 0.6 is 0 Å². The van der Waals surface area contributed by atoms with E-state index in [-0.39, 0.29) is 19.8 Å². The molecular weight excluding hydrogens is 362 g/mol. The van der Waals surface area contributed by atoms with Crippen molar-refractivity contribution in [3.63, 3.8) is 0 Å². The van der Waals surface area contributed by atoms with Crippen LogP contribution in [0.25, 0.3) is 0 Å². The minimum Gasteiger partial charge on any atom is -0.497 e. The fourth-order valence-electron chi connectivity index (χ4n) is 2.70. The molecule has 148 valence electrons. The second kappa shape index (κ2) is 8.75. The monoisotopic (exact) mass is 385 g/mol. The van der Waals surface area contributed by atoms with Crippen molar-refractivity contribution in [3.8, 4) is 11.5 Å². The van der Waals surface area contributed by atoms with E-state index < -0.39 is 11.5 Å². The van der Waals surface area contributed by atoms with Crippen molar-refractivity contribution in [2.75, 3.05) is 33.5 Å². The highest BCUT2D eigenvalue weighted by molar-refractivity contribution is 5.95.